The summed E-state index contributed by atoms with van der Waals surface area (Å²) in [5, 5.41) is 3.34. The summed E-state index contributed by atoms with van der Waals surface area (Å²) in [5.41, 5.74) is 2.67. The maximum atomic E-state index is 12.6. The van der Waals surface area contributed by atoms with Crippen LogP contribution in [0.2, 0.25) is 5.02 Å². The molecule has 1 saturated heterocycles. The second-order valence-corrected chi connectivity index (χ2v) is 10.9. The minimum absolute atomic E-state index is 0.0944. The summed E-state index contributed by atoms with van der Waals surface area (Å²) >= 11 is 5.84. The van der Waals surface area contributed by atoms with Crippen molar-refractivity contribution in [2.24, 2.45) is 5.92 Å². The van der Waals surface area contributed by atoms with Crippen molar-refractivity contribution in [2.45, 2.75) is 31.2 Å². The van der Waals surface area contributed by atoms with Crippen LogP contribution in [0.15, 0.2) is 77.7 Å². The summed E-state index contributed by atoms with van der Waals surface area (Å²) in [7, 11) is -3.75. The molecule has 4 rings (SSSR count). The van der Waals surface area contributed by atoms with E-state index in [1.54, 1.807) is 36.4 Å². The summed E-state index contributed by atoms with van der Waals surface area (Å²) in [6, 6.07) is 20.1. The minimum atomic E-state index is -3.75. The molecule has 2 N–H and O–H groups in total. The first kappa shape index (κ1) is 24.3. The first-order chi connectivity index (χ1) is 16.3. The SMILES string of the molecule is CC1CCN(Cc2ccc(C(=O)Nc3ccc(S(=O)(=O)Nc4ccc(Cl)cc4)cc3)cc2)CC1. The second kappa shape index (κ2) is 10.6. The van der Waals surface area contributed by atoms with E-state index < -0.39 is 10.0 Å². The molecule has 1 aliphatic rings. The highest BCUT2D eigenvalue weighted by atomic mass is 35.5. The fraction of sp³-hybridized carbons (Fsp3) is 0.269. The molecule has 3 aromatic rings. The maximum absolute atomic E-state index is 12.6. The van der Waals surface area contributed by atoms with E-state index in [0.29, 0.717) is 22.0 Å². The number of hydrogen-bond donors (Lipinski definition) is 2. The Balaban J connectivity index is 1.34. The van der Waals surface area contributed by atoms with E-state index in [-0.39, 0.29) is 10.8 Å². The largest absolute Gasteiger partial charge is 0.322 e. The monoisotopic (exact) mass is 497 g/mol. The molecule has 0 spiro atoms. The molecule has 3 aromatic carbocycles. The van der Waals surface area contributed by atoms with E-state index in [1.807, 2.05) is 24.3 Å². The highest BCUT2D eigenvalue weighted by Crippen LogP contribution is 2.21. The molecule has 0 bridgehead atoms. The Morgan fingerprint density at radius 1 is 0.912 bits per heavy atom. The van der Waals surface area contributed by atoms with Gasteiger partial charge >= 0.3 is 0 Å². The average molecular weight is 498 g/mol. The second-order valence-electron chi connectivity index (χ2n) is 8.75. The molecule has 1 fully saturated rings. The number of rotatable bonds is 7. The number of carbonyl (C=O) groups excluding carboxylic acids is 1. The molecule has 0 saturated carbocycles. The van der Waals surface area contributed by atoms with Gasteiger partial charge in [0.2, 0.25) is 0 Å². The van der Waals surface area contributed by atoms with Crippen molar-refractivity contribution in [1.29, 1.82) is 0 Å². The topological polar surface area (TPSA) is 78.5 Å². The predicted octanol–water partition coefficient (Wildman–Crippen LogP) is 5.63. The van der Waals surface area contributed by atoms with Gasteiger partial charge in [0.25, 0.3) is 15.9 Å². The maximum Gasteiger partial charge on any atom is 0.261 e. The Kier molecular flexibility index (Phi) is 7.56. The number of nitrogens with one attached hydrogen (secondary N) is 2. The molecule has 178 valence electrons. The van der Waals surface area contributed by atoms with E-state index in [1.165, 1.54) is 30.5 Å². The molecule has 34 heavy (non-hydrogen) atoms. The summed E-state index contributed by atoms with van der Waals surface area (Å²) in [6.07, 6.45) is 2.47. The number of amides is 1. The van der Waals surface area contributed by atoms with Crippen LogP contribution in [0, 0.1) is 5.92 Å². The van der Waals surface area contributed by atoms with Crippen molar-refractivity contribution in [3.8, 4) is 0 Å². The normalized spacial score (nSPS) is 15.1. The van der Waals surface area contributed by atoms with Gasteiger partial charge < -0.3 is 5.32 Å². The van der Waals surface area contributed by atoms with Crippen LogP contribution in [0.4, 0.5) is 11.4 Å². The molecular weight excluding hydrogens is 470 g/mol. The third kappa shape index (κ3) is 6.38. The number of piperidine rings is 1. The number of nitrogens with zero attached hydrogens (tertiary/aromatic N) is 1. The molecule has 0 radical (unpaired) electrons. The summed E-state index contributed by atoms with van der Waals surface area (Å²) in [6.45, 7) is 5.43. The minimum Gasteiger partial charge on any atom is -0.322 e. The summed E-state index contributed by atoms with van der Waals surface area (Å²) in [4.78, 5) is 15.2. The van der Waals surface area contributed by atoms with Crippen molar-refractivity contribution in [2.75, 3.05) is 23.1 Å². The summed E-state index contributed by atoms with van der Waals surface area (Å²) < 4.78 is 27.7. The van der Waals surface area contributed by atoms with Crippen LogP contribution in [0.5, 0.6) is 0 Å². The Morgan fingerprint density at radius 2 is 1.50 bits per heavy atom. The van der Waals surface area contributed by atoms with E-state index >= 15 is 0 Å². The van der Waals surface area contributed by atoms with Gasteiger partial charge in [0.1, 0.15) is 0 Å². The van der Waals surface area contributed by atoms with Gasteiger partial charge in [-0.2, -0.15) is 0 Å². The molecule has 1 aliphatic heterocycles. The Labute approximate surface area is 206 Å². The number of likely N-dealkylation sites (tertiary alicyclic amines) is 1. The van der Waals surface area contributed by atoms with Crippen LogP contribution in [-0.4, -0.2) is 32.3 Å². The number of benzene rings is 3. The van der Waals surface area contributed by atoms with Crippen LogP contribution in [-0.2, 0) is 16.6 Å². The fourth-order valence-corrected chi connectivity index (χ4v) is 5.08. The van der Waals surface area contributed by atoms with Crippen LogP contribution in [0.1, 0.15) is 35.7 Å². The third-order valence-corrected chi connectivity index (χ3v) is 7.67. The first-order valence-corrected chi connectivity index (χ1v) is 13.2. The zero-order valence-electron chi connectivity index (χ0n) is 19.0. The average Bonchev–Trinajstić information content (AvgIpc) is 2.83. The summed E-state index contributed by atoms with van der Waals surface area (Å²) in [5.74, 6) is 0.560. The van der Waals surface area contributed by atoms with Crippen molar-refractivity contribution in [3.63, 3.8) is 0 Å². The number of hydrogen-bond acceptors (Lipinski definition) is 4. The van der Waals surface area contributed by atoms with Gasteiger partial charge in [-0.05, 0) is 98.1 Å². The van der Waals surface area contributed by atoms with Crippen molar-refractivity contribution in [3.05, 3.63) is 88.9 Å². The molecular formula is C26H28ClN3O3S. The van der Waals surface area contributed by atoms with Crippen molar-refractivity contribution >= 4 is 38.9 Å². The van der Waals surface area contributed by atoms with E-state index in [0.717, 1.165) is 25.6 Å². The number of halogens is 1. The van der Waals surface area contributed by atoms with Crippen LogP contribution >= 0.6 is 11.6 Å². The van der Waals surface area contributed by atoms with E-state index in [2.05, 4.69) is 21.9 Å². The van der Waals surface area contributed by atoms with Crippen LogP contribution in [0.25, 0.3) is 0 Å². The van der Waals surface area contributed by atoms with Gasteiger partial charge in [0.15, 0.2) is 0 Å². The van der Waals surface area contributed by atoms with Gasteiger partial charge in [-0.15, -0.1) is 0 Å². The van der Waals surface area contributed by atoms with Crippen molar-refractivity contribution in [1.82, 2.24) is 4.90 Å². The van der Waals surface area contributed by atoms with Crippen molar-refractivity contribution < 1.29 is 13.2 Å². The van der Waals surface area contributed by atoms with E-state index in [4.69, 9.17) is 11.6 Å². The first-order valence-electron chi connectivity index (χ1n) is 11.3. The molecule has 8 heteroatoms. The van der Waals surface area contributed by atoms with Gasteiger partial charge in [0, 0.05) is 28.5 Å². The highest BCUT2D eigenvalue weighted by molar-refractivity contribution is 7.92. The molecule has 0 atom stereocenters. The lowest BCUT2D eigenvalue weighted by Crippen LogP contribution is -2.32. The standard InChI is InChI=1S/C26H28ClN3O3S/c1-19-14-16-30(17-15-19)18-20-2-4-21(5-3-20)26(31)28-23-10-12-25(13-11-23)34(32,33)29-24-8-6-22(27)7-9-24/h2-13,19,29H,14-18H2,1H3,(H,28,31). The predicted molar refractivity (Wildman–Crippen MR) is 137 cm³/mol. The Bertz CT molecular complexity index is 1220. The number of anilines is 2. The number of carbonyl (C=O) groups is 1. The van der Waals surface area contributed by atoms with Crippen LogP contribution < -0.4 is 10.0 Å². The molecule has 1 heterocycles. The zero-order chi connectivity index (χ0) is 24.1. The number of sulfonamides is 1. The molecule has 0 aromatic heterocycles. The Hall–Kier alpha value is -2.87. The van der Waals surface area contributed by atoms with E-state index in [9.17, 15) is 13.2 Å². The van der Waals surface area contributed by atoms with Crippen LogP contribution in [0.3, 0.4) is 0 Å². The molecule has 1 amide bonds. The fourth-order valence-electron chi connectivity index (χ4n) is 3.89. The lowest BCUT2D eigenvalue weighted by Gasteiger charge is -2.30. The smallest absolute Gasteiger partial charge is 0.261 e. The highest BCUT2D eigenvalue weighted by Gasteiger charge is 2.17. The molecule has 6 nitrogen and oxygen atoms in total. The third-order valence-electron chi connectivity index (χ3n) is 6.02. The lowest BCUT2D eigenvalue weighted by atomic mass is 9.99. The quantitative estimate of drug-likeness (QED) is 0.443. The molecule has 0 unspecified atom stereocenters. The lowest BCUT2D eigenvalue weighted by molar-refractivity contribution is 0.102. The zero-order valence-corrected chi connectivity index (χ0v) is 20.6. The van der Waals surface area contributed by atoms with Gasteiger partial charge in [-0.3, -0.25) is 14.4 Å². The molecule has 0 aliphatic carbocycles. The van der Waals surface area contributed by atoms with Gasteiger partial charge in [0.05, 0.1) is 4.90 Å². The van der Waals surface area contributed by atoms with Gasteiger partial charge in [-0.1, -0.05) is 30.7 Å². The van der Waals surface area contributed by atoms with Gasteiger partial charge in [-0.25, -0.2) is 8.42 Å². The Morgan fingerprint density at radius 3 is 2.12 bits per heavy atom.